The summed E-state index contributed by atoms with van der Waals surface area (Å²) in [5.41, 5.74) is 7.81. The van der Waals surface area contributed by atoms with E-state index >= 15 is 0 Å². The Hall–Kier alpha value is -3.41. The van der Waals surface area contributed by atoms with Gasteiger partial charge in [-0.1, -0.05) is 42.5 Å². The predicted octanol–water partition coefficient (Wildman–Crippen LogP) is 2.43. The van der Waals surface area contributed by atoms with Crippen molar-refractivity contribution in [3.05, 3.63) is 72.2 Å². The van der Waals surface area contributed by atoms with Gasteiger partial charge < -0.3 is 16.0 Å². The van der Waals surface area contributed by atoms with Gasteiger partial charge in [-0.2, -0.15) is 0 Å². The Morgan fingerprint density at radius 1 is 0.957 bits per heavy atom. The van der Waals surface area contributed by atoms with Crippen molar-refractivity contribution < 1.29 is 9.59 Å². The number of nitrogens with two attached hydrogens (primary N) is 1. The maximum absolute atomic E-state index is 12.2. The van der Waals surface area contributed by atoms with E-state index in [4.69, 9.17) is 5.73 Å². The highest BCUT2D eigenvalue weighted by molar-refractivity contribution is 6.07. The number of nitrogens with one attached hydrogen (secondary N) is 2. The molecule has 0 unspecified atom stereocenters. The number of primary amides is 1. The van der Waals surface area contributed by atoms with Crippen LogP contribution in [0, 0.1) is 0 Å². The monoisotopic (exact) mass is 306 g/mol. The molecule has 0 saturated carbocycles. The van der Waals surface area contributed by atoms with Crippen molar-refractivity contribution in [2.75, 3.05) is 5.32 Å². The number of hydrogen-bond donors (Lipinski definition) is 3. The molecule has 0 bridgehead atoms. The first kappa shape index (κ1) is 14.5. The summed E-state index contributed by atoms with van der Waals surface area (Å²) >= 11 is 0. The molecule has 2 amide bonds. The van der Waals surface area contributed by atoms with Crippen molar-refractivity contribution in [2.24, 2.45) is 5.73 Å². The highest BCUT2D eigenvalue weighted by Crippen LogP contribution is 2.19. The molecule has 0 spiro atoms. The number of imidazole rings is 1. The molecule has 3 aromatic rings. The second kappa shape index (κ2) is 6.15. The predicted molar refractivity (Wildman–Crippen MR) is 86.9 cm³/mol. The average Bonchev–Trinajstić information content (AvgIpc) is 3.04. The number of hydrogen-bond acceptors (Lipinski definition) is 3. The first-order valence-corrected chi connectivity index (χ1v) is 6.95. The Bertz CT molecular complexity index is 839. The van der Waals surface area contributed by atoms with Crippen molar-refractivity contribution in [3.63, 3.8) is 0 Å². The molecule has 114 valence electrons. The summed E-state index contributed by atoms with van der Waals surface area (Å²) < 4.78 is 0. The van der Waals surface area contributed by atoms with Crippen LogP contribution in [0.3, 0.4) is 0 Å². The lowest BCUT2D eigenvalue weighted by molar-refractivity contribution is 0.0997. The van der Waals surface area contributed by atoms with Gasteiger partial charge in [-0.05, 0) is 23.3 Å². The number of benzene rings is 2. The van der Waals surface area contributed by atoms with Gasteiger partial charge in [-0.3, -0.25) is 9.59 Å². The Kier molecular flexibility index (Phi) is 3.88. The molecule has 0 saturated heterocycles. The first-order valence-electron chi connectivity index (χ1n) is 6.95. The average molecular weight is 306 g/mol. The Morgan fingerprint density at radius 3 is 2.26 bits per heavy atom. The molecule has 0 aliphatic rings. The second-order valence-electron chi connectivity index (χ2n) is 4.89. The third kappa shape index (κ3) is 3.11. The van der Waals surface area contributed by atoms with Gasteiger partial charge in [-0.15, -0.1) is 0 Å². The number of carbonyl (C=O) groups is 2. The van der Waals surface area contributed by atoms with Gasteiger partial charge in [0.15, 0.2) is 5.82 Å². The third-order valence-electron chi connectivity index (χ3n) is 3.37. The number of nitrogens with zero attached hydrogens (tertiary/aromatic N) is 1. The van der Waals surface area contributed by atoms with Crippen LogP contribution < -0.4 is 11.1 Å². The highest BCUT2D eigenvalue weighted by atomic mass is 16.2. The molecule has 3 rings (SSSR count). The van der Waals surface area contributed by atoms with Gasteiger partial charge in [0.2, 0.25) is 0 Å². The van der Waals surface area contributed by atoms with E-state index in [9.17, 15) is 9.59 Å². The smallest absolute Gasteiger partial charge is 0.269 e. The van der Waals surface area contributed by atoms with E-state index in [1.165, 1.54) is 6.33 Å². The van der Waals surface area contributed by atoms with Crippen molar-refractivity contribution in [1.29, 1.82) is 0 Å². The number of anilines is 1. The summed E-state index contributed by atoms with van der Waals surface area (Å²) in [6.07, 6.45) is 1.30. The molecular formula is C17H14N4O2. The lowest BCUT2D eigenvalue weighted by atomic mass is 10.0. The first-order chi connectivity index (χ1) is 11.1. The normalized spacial score (nSPS) is 10.3. The van der Waals surface area contributed by atoms with Crippen molar-refractivity contribution in [2.45, 2.75) is 0 Å². The fourth-order valence-corrected chi connectivity index (χ4v) is 2.20. The Labute approximate surface area is 132 Å². The molecular weight excluding hydrogens is 292 g/mol. The molecule has 0 aliphatic carbocycles. The van der Waals surface area contributed by atoms with Crippen LogP contribution in [-0.4, -0.2) is 21.8 Å². The summed E-state index contributed by atoms with van der Waals surface area (Å²) in [6.45, 7) is 0. The van der Waals surface area contributed by atoms with Crippen LogP contribution in [0.5, 0.6) is 0 Å². The van der Waals surface area contributed by atoms with Gasteiger partial charge in [-0.25, -0.2) is 4.98 Å². The minimum Gasteiger partial charge on any atom is -0.364 e. The van der Waals surface area contributed by atoms with Gasteiger partial charge in [0.25, 0.3) is 11.8 Å². The van der Waals surface area contributed by atoms with E-state index in [-0.39, 0.29) is 17.4 Å². The van der Waals surface area contributed by atoms with Crippen molar-refractivity contribution in [1.82, 2.24) is 9.97 Å². The molecule has 4 N–H and O–H groups in total. The third-order valence-corrected chi connectivity index (χ3v) is 3.37. The maximum Gasteiger partial charge on any atom is 0.269 e. The van der Waals surface area contributed by atoms with Crippen molar-refractivity contribution >= 4 is 17.6 Å². The molecule has 0 atom stereocenters. The van der Waals surface area contributed by atoms with E-state index in [2.05, 4.69) is 15.3 Å². The molecule has 0 fully saturated rings. The molecule has 1 heterocycles. The summed E-state index contributed by atoms with van der Waals surface area (Å²) in [6, 6.07) is 17.0. The molecule has 23 heavy (non-hydrogen) atoms. The molecule has 6 nitrogen and oxygen atoms in total. The standard InChI is InChI=1S/C17H14N4O2/c18-15(22)14-16(20-10-19-14)21-17(23)13-8-6-12(7-9-13)11-4-2-1-3-5-11/h1-10H,(H2,18,22)(H,19,20)(H,21,23). The summed E-state index contributed by atoms with van der Waals surface area (Å²) in [5, 5.41) is 2.57. The summed E-state index contributed by atoms with van der Waals surface area (Å²) in [7, 11) is 0. The number of amides is 2. The molecule has 6 heteroatoms. The lowest BCUT2D eigenvalue weighted by Gasteiger charge is -2.05. The molecule has 0 aliphatic heterocycles. The molecule has 1 aromatic heterocycles. The molecule has 2 aromatic carbocycles. The summed E-state index contributed by atoms with van der Waals surface area (Å²) in [5.74, 6) is -0.925. The summed E-state index contributed by atoms with van der Waals surface area (Å²) in [4.78, 5) is 29.9. The van der Waals surface area contributed by atoms with E-state index in [0.717, 1.165) is 11.1 Å². The zero-order valence-electron chi connectivity index (χ0n) is 12.1. The van der Waals surface area contributed by atoms with Gasteiger partial charge in [0, 0.05) is 5.56 Å². The Balaban J connectivity index is 1.78. The van der Waals surface area contributed by atoms with Crippen molar-refractivity contribution in [3.8, 4) is 11.1 Å². The number of H-pyrrole nitrogens is 1. The zero-order chi connectivity index (χ0) is 16.2. The van der Waals surface area contributed by atoms with E-state index < -0.39 is 5.91 Å². The van der Waals surface area contributed by atoms with Crippen LogP contribution in [0.25, 0.3) is 11.1 Å². The maximum atomic E-state index is 12.2. The van der Waals surface area contributed by atoms with Crippen LogP contribution in [0.2, 0.25) is 0 Å². The largest absolute Gasteiger partial charge is 0.364 e. The topological polar surface area (TPSA) is 101 Å². The van der Waals surface area contributed by atoms with E-state index in [1.807, 2.05) is 42.5 Å². The minimum atomic E-state index is -0.683. The number of aromatic nitrogens is 2. The van der Waals surface area contributed by atoms with Crippen LogP contribution in [0.4, 0.5) is 5.82 Å². The fourth-order valence-electron chi connectivity index (χ4n) is 2.20. The van der Waals surface area contributed by atoms with E-state index in [0.29, 0.717) is 5.56 Å². The highest BCUT2D eigenvalue weighted by Gasteiger charge is 2.14. The van der Waals surface area contributed by atoms with Gasteiger partial charge >= 0.3 is 0 Å². The van der Waals surface area contributed by atoms with E-state index in [1.54, 1.807) is 12.1 Å². The minimum absolute atomic E-state index is 0.0688. The van der Waals surface area contributed by atoms with Crippen LogP contribution in [0.15, 0.2) is 60.9 Å². The zero-order valence-corrected chi connectivity index (χ0v) is 12.1. The SMILES string of the molecule is NC(=O)c1[nH]cnc1NC(=O)c1ccc(-c2ccccc2)cc1. The fraction of sp³-hybridized carbons (Fsp3) is 0. The van der Waals surface area contributed by atoms with Gasteiger partial charge in [0.05, 0.1) is 6.33 Å². The second-order valence-corrected chi connectivity index (χ2v) is 4.89. The van der Waals surface area contributed by atoms with Crippen LogP contribution >= 0.6 is 0 Å². The van der Waals surface area contributed by atoms with Gasteiger partial charge in [0.1, 0.15) is 5.69 Å². The number of aromatic amines is 1. The Morgan fingerprint density at radius 2 is 1.61 bits per heavy atom. The number of rotatable bonds is 4. The van der Waals surface area contributed by atoms with Crippen LogP contribution in [0.1, 0.15) is 20.8 Å². The number of carbonyl (C=O) groups excluding carboxylic acids is 2. The quantitative estimate of drug-likeness (QED) is 0.690. The molecule has 0 radical (unpaired) electrons. The lowest BCUT2D eigenvalue weighted by Crippen LogP contribution is -2.18. The van der Waals surface area contributed by atoms with Crippen LogP contribution in [-0.2, 0) is 0 Å².